The lowest BCUT2D eigenvalue weighted by molar-refractivity contribution is -0.139. The fourth-order valence-corrected chi connectivity index (χ4v) is 4.43. The number of rotatable bonds is 3. The van der Waals surface area contributed by atoms with E-state index in [1.54, 1.807) is 0 Å². The molecule has 0 unspecified atom stereocenters. The van der Waals surface area contributed by atoms with E-state index in [0.717, 1.165) is 59.3 Å². The van der Waals surface area contributed by atoms with E-state index in [2.05, 4.69) is 47.9 Å². The lowest BCUT2D eigenvalue weighted by atomic mass is 9.87. The van der Waals surface area contributed by atoms with Crippen molar-refractivity contribution in [1.82, 2.24) is 0 Å². The van der Waals surface area contributed by atoms with Crippen molar-refractivity contribution in [3.8, 4) is 11.1 Å². The lowest BCUT2D eigenvalue weighted by Crippen LogP contribution is -2.50. The minimum Gasteiger partial charge on any atom is -0.469 e. The molecule has 0 saturated heterocycles. The highest BCUT2D eigenvalue weighted by molar-refractivity contribution is 6.08. The van der Waals surface area contributed by atoms with Gasteiger partial charge in [0.25, 0.3) is 0 Å². The van der Waals surface area contributed by atoms with E-state index in [1.165, 1.54) is 12.7 Å². The van der Waals surface area contributed by atoms with Crippen LogP contribution in [-0.4, -0.2) is 24.5 Å². The molecule has 2 aromatic rings. The third-order valence-corrected chi connectivity index (χ3v) is 6.13. The Hall–Kier alpha value is -2.82. The highest BCUT2D eigenvalue weighted by Gasteiger charge is 2.44. The Bertz CT molecular complexity index is 941. The molecule has 1 heterocycles. The van der Waals surface area contributed by atoms with Crippen molar-refractivity contribution in [1.29, 1.82) is 0 Å². The molecular formula is C23H26N2O3. The molecule has 5 nitrogen and oxygen atoms in total. The van der Waals surface area contributed by atoms with Gasteiger partial charge in [0.05, 0.1) is 24.9 Å². The standard InChI is InChI=1S/C23H26N2O3/c1-14-6-8-16(9-7-14)18-12-19-21(15(2)17(18)13-20(26)28-3)24-22(27)23(25-19)10-4-5-11-23/h6-9,12,25H,4-5,10-11,13H2,1-3H3,(H,24,27). The number of nitrogens with one attached hydrogen (secondary N) is 2. The zero-order chi connectivity index (χ0) is 19.9. The topological polar surface area (TPSA) is 67.4 Å². The predicted octanol–water partition coefficient (Wildman–Crippen LogP) is 4.36. The molecule has 0 atom stereocenters. The maximum absolute atomic E-state index is 12.9. The van der Waals surface area contributed by atoms with Crippen LogP contribution in [0.4, 0.5) is 11.4 Å². The number of carbonyl (C=O) groups excluding carboxylic acids is 2. The van der Waals surface area contributed by atoms with E-state index in [-0.39, 0.29) is 18.3 Å². The Kier molecular flexibility index (Phi) is 4.61. The summed E-state index contributed by atoms with van der Waals surface area (Å²) in [5.41, 5.74) is 6.23. The molecule has 1 aliphatic carbocycles. The number of anilines is 2. The molecule has 2 aliphatic rings. The average molecular weight is 378 g/mol. The summed E-state index contributed by atoms with van der Waals surface area (Å²) in [6.07, 6.45) is 3.97. The van der Waals surface area contributed by atoms with Gasteiger partial charge in [-0.2, -0.15) is 0 Å². The lowest BCUT2D eigenvalue weighted by Gasteiger charge is -2.37. The zero-order valence-electron chi connectivity index (χ0n) is 16.6. The van der Waals surface area contributed by atoms with Gasteiger partial charge in [-0.25, -0.2) is 0 Å². The molecule has 1 fully saturated rings. The quantitative estimate of drug-likeness (QED) is 0.779. The van der Waals surface area contributed by atoms with Crippen molar-refractivity contribution < 1.29 is 14.3 Å². The van der Waals surface area contributed by atoms with Gasteiger partial charge < -0.3 is 15.4 Å². The number of hydrogen-bond donors (Lipinski definition) is 2. The van der Waals surface area contributed by atoms with Gasteiger partial charge in [0.1, 0.15) is 5.54 Å². The first kappa shape index (κ1) is 18.5. The average Bonchev–Trinajstić information content (AvgIpc) is 3.15. The molecule has 1 spiro atoms. The number of hydrogen-bond acceptors (Lipinski definition) is 4. The predicted molar refractivity (Wildman–Crippen MR) is 111 cm³/mol. The number of ether oxygens (including phenoxy) is 1. The zero-order valence-corrected chi connectivity index (χ0v) is 16.6. The summed E-state index contributed by atoms with van der Waals surface area (Å²) in [4.78, 5) is 24.9. The largest absolute Gasteiger partial charge is 0.469 e. The second-order valence-electron chi connectivity index (χ2n) is 7.94. The van der Waals surface area contributed by atoms with Crippen molar-refractivity contribution in [3.63, 3.8) is 0 Å². The van der Waals surface area contributed by atoms with Gasteiger partial charge in [-0.15, -0.1) is 0 Å². The van der Waals surface area contributed by atoms with Gasteiger partial charge in [-0.3, -0.25) is 9.59 Å². The Morgan fingerprint density at radius 3 is 2.46 bits per heavy atom. The van der Waals surface area contributed by atoms with Crippen LogP contribution in [0.25, 0.3) is 11.1 Å². The monoisotopic (exact) mass is 378 g/mol. The summed E-state index contributed by atoms with van der Waals surface area (Å²) in [5.74, 6) is -0.258. The molecule has 0 aromatic heterocycles. The van der Waals surface area contributed by atoms with E-state index in [0.29, 0.717) is 0 Å². The Balaban J connectivity index is 1.87. The SMILES string of the molecule is COC(=O)Cc1c(-c2ccc(C)cc2)cc2c(c1C)NC(=O)C1(CCCC1)N2. The Morgan fingerprint density at radius 2 is 1.82 bits per heavy atom. The molecule has 0 radical (unpaired) electrons. The minimum atomic E-state index is -0.506. The number of esters is 1. The van der Waals surface area contributed by atoms with Gasteiger partial charge >= 0.3 is 5.97 Å². The Morgan fingerprint density at radius 1 is 1.14 bits per heavy atom. The minimum absolute atomic E-state index is 0.0349. The fraction of sp³-hybridized carbons (Fsp3) is 0.391. The summed E-state index contributed by atoms with van der Waals surface area (Å²) in [7, 11) is 1.40. The maximum Gasteiger partial charge on any atom is 0.310 e. The molecule has 1 amide bonds. The molecule has 1 aliphatic heterocycles. The fourth-order valence-electron chi connectivity index (χ4n) is 4.43. The van der Waals surface area contributed by atoms with Crippen molar-refractivity contribution in [3.05, 3.63) is 47.0 Å². The number of benzene rings is 2. The van der Waals surface area contributed by atoms with Crippen LogP contribution in [-0.2, 0) is 20.7 Å². The number of fused-ring (bicyclic) bond motifs is 1. The van der Waals surface area contributed by atoms with Crippen LogP contribution in [0.15, 0.2) is 30.3 Å². The van der Waals surface area contributed by atoms with Crippen molar-refractivity contribution in [2.45, 2.75) is 51.5 Å². The summed E-state index contributed by atoms with van der Waals surface area (Å²) < 4.78 is 4.92. The summed E-state index contributed by atoms with van der Waals surface area (Å²) in [6.45, 7) is 4.02. The number of methoxy groups -OCH3 is 1. The van der Waals surface area contributed by atoms with E-state index >= 15 is 0 Å². The number of amides is 1. The van der Waals surface area contributed by atoms with Crippen LogP contribution >= 0.6 is 0 Å². The summed E-state index contributed by atoms with van der Waals surface area (Å²) >= 11 is 0. The van der Waals surface area contributed by atoms with Crippen LogP contribution < -0.4 is 10.6 Å². The smallest absolute Gasteiger partial charge is 0.310 e. The highest BCUT2D eigenvalue weighted by atomic mass is 16.5. The molecule has 1 saturated carbocycles. The molecule has 2 aromatic carbocycles. The molecule has 5 heteroatoms. The third-order valence-electron chi connectivity index (χ3n) is 6.13. The number of carbonyl (C=O) groups is 2. The Labute approximate surface area is 165 Å². The second-order valence-corrected chi connectivity index (χ2v) is 7.94. The number of aryl methyl sites for hydroxylation is 1. The highest BCUT2D eigenvalue weighted by Crippen LogP contribution is 2.45. The van der Waals surface area contributed by atoms with Crippen molar-refractivity contribution >= 4 is 23.3 Å². The van der Waals surface area contributed by atoms with Gasteiger partial charge in [-0.05, 0) is 55.0 Å². The van der Waals surface area contributed by atoms with Gasteiger partial charge in [0, 0.05) is 0 Å². The second kappa shape index (κ2) is 6.97. The van der Waals surface area contributed by atoms with Crippen LogP contribution in [0.1, 0.15) is 42.4 Å². The first-order chi connectivity index (χ1) is 13.4. The van der Waals surface area contributed by atoms with Gasteiger partial charge in [0.15, 0.2) is 0 Å². The first-order valence-electron chi connectivity index (χ1n) is 9.83. The molecule has 2 N–H and O–H groups in total. The summed E-state index contributed by atoms with van der Waals surface area (Å²) in [6, 6.07) is 10.4. The van der Waals surface area contributed by atoms with E-state index in [1.807, 2.05) is 6.92 Å². The molecule has 4 rings (SSSR count). The van der Waals surface area contributed by atoms with Crippen LogP contribution in [0.2, 0.25) is 0 Å². The molecule has 146 valence electrons. The third kappa shape index (κ3) is 3.05. The first-order valence-corrected chi connectivity index (χ1v) is 9.83. The molecule has 0 bridgehead atoms. The molecule has 28 heavy (non-hydrogen) atoms. The van der Waals surface area contributed by atoms with E-state index in [4.69, 9.17) is 4.74 Å². The van der Waals surface area contributed by atoms with Crippen LogP contribution in [0, 0.1) is 13.8 Å². The normalized spacial score (nSPS) is 17.0. The van der Waals surface area contributed by atoms with E-state index < -0.39 is 5.54 Å². The van der Waals surface area contributed by atoms with Crippen molar-refractivity contribution in [2.24, 2.45) is 0 Å². The van der Waals surface area contributed by atoms with Gasteiger partial charge in [-0.1, -0.05) is 42.7 Å². The molecular weight excluding hydrogens is 352 g/mol. The van der Waals surface area contributed by atoms with E-state index in [9.17, 15) is 9.59 Å². The van der Waals surface area contributed by atoms with Crippen molar-refractivity contribution in [2.75, 3.05) is 17.7 Å². The van der Waals surface area contributed by atoms with Gasteiger partial charge in [0.2, 0.25) is 5.91 Å². The maximum atomic E-state index is 12.9. The summed E-state index contributed by atoms with van der Waals surface area (Å²) in [5, 5.41) is 6.68. The van der Waals surface area contributed by atoms with Crippen LogP contribution in [0.5, 0.6) is 0 Å². The van der Waals surface area contributed by atoms with Crippen LogP contribution in [0.3, 0.4) is 0 Å².